The molecular weight excluding hydrogens is 188 g/mol. The number of aromatic nitrogens is 3. The summed E-state index contributed by atoms with van der Waals surface area (Å²) in [5, 5.41) is 4.11. The Morgan fingerprint density at radius 2 is 2.07 bits per heavy atom. The van der Waals surface area contributed by atoms with Gasteiger partial charge >= 0.3 is 0 Å². The fourth-order valence-corrected chi connectivity index (χ4v) is 3.12. The lowest BCUT2D eigenvalue weighted by Gasteiger charge is -2.15. The third-order valence-electron chi connectivity index (χ3n) is 3.97. The van der Waals surface area contributed by atoms with Crippen molar-refractivity contribution in [2.24, 2.45) is 18.9 Å². The van der Waals surface area contributed by atoms with E-state index < -0.39 is 0 Å². The summed E-state index contributed by atoms with van der Waals surface area (Å²) >= 11 is 0. The second-order valence-corrected chi connectivity index (χ2v) is 4.95. The zero-order valence-corrected chi connectivity index (χ0v) is 9.26. The van der Waals surface area contributed by atoms with Gasteiger partial charge in [-0.2, -0.15) is 5.10 Å². The third-order valence-corrected chi connectivity index (χ3v) is 3.97. The Morgan fingerprint density at radius 1 is 1.33 bits per heavy atom. The third kappa shape index (κ3) is 1.67. The lowest BCUT2D eigenvalue weighted by atomic mass is 10.0. The number of hydrogen-bond acceptors (Lipinski definition) is 3. The van der Waals surface area contributed by atoms with E-state index in [0.29, 0.717) is 0 Å². The van der Waals surface area contributed by atoms with Gasteiger partial charge in [-0.3, -0.25) is 9.58 Å². The van der Waals surface area contributed by atoms with Crippen LogP contribution in [0.2, 0.25) is 0 Å². The van der Waals surface area contributed by atoms with Crippen LogP contribution < -0.4 is 0 Å². The predicted molar refractivity (Wildman–Crippen MR) is 57.1 cm³/mol. The van der Waals surface area contributed by atoms with Crippen LogP contribution in [0.15, 0.2) is 6.33 Å². The molecule has 4 nitrogen and oxygen atoms in total. The van der Waals surface area contributed by atoms with Gasteiger partial charge in [-0.1, -0.05) is 6.42 Å². The molecule has 1 aliphatic carbocycles. The van der Waals surface area contributed by atoms with E-state index >= 15 is 0 Å². The molecule has 0 N–H and O–H groups in total. The van der Waals surface area contributed by atoms with E-state index in [2.05, 4.69) is 15.0 Å². The number of aryl methyl sites for hydroxylation is 1. The molecule has 0 aromatic carbocycles. The first-order valence-electron chi connectivity index (χ1n) is 5.88. The molecule has 2 atom stereocenters. The largest absolute Gasteiger partial charge is 0.295 e. The van der Waals surface area contributed by atoms with Gasteiger partial charge in [-0.05, 0) is 24.7 Å². The summed E-state index contributed by atoms with van der Waals surface area (Å²) in [6, 6.07) is 0. The number of nitrogens with zero attached hydrogens (tertiary/aromatic N) is 4. The highest BCUT2D eigenvalue weighted by Crippen LogP contribution is 2.37. The van der Waals surface area contributed by atoms with Crippen molar-refractivity contribution in [3.8, 4) is 0 Å². The highest BCUT2D eigenvalue weighted by molar-refractivity contribution is 4.92. The number of hydrogen-bond donors (Lipinski definition) is 0. The van der Waals surface area contributed by atoms with Crippen molar-refractivity contribution >= 4 is 0 Å². The Kier molecular flexibility index (Phi) is 2.24. The molecule has 0 spiro atoms. The normalized spacial score (nSPS) is 31.0. The zero-order chi connectivity index (χ0) is 10.3. The standard InChI is InChI=1S/C11H18N4/c1-14-11(12-8-13-14)7-15-5-9-3-2-4-10(9)6-15/h8-10H,2-7H2,1H3. The number of likely N-dealkylation sites (tertiary alicyclic amines) is 1. The summed E-state index contributed by atoms with van der Waals surface area (Å²) < 4.78 is 1.88. The van der Waals surface area contributed by atoms with Gasteiger partial charge in [-0.25, -0.2) is 4.98 Å². The van der Waals surface area contributed by atoms with Gasteiger partial charge in [-0.15, -0.1) is 0 Å². The smallest absolute Gasteiger partial charge is 0.140 e. The molecule has 1 aromatic rings. The van der Waals surface area contributed by atoms with Crippen LogP contribution in [0.4, 0.5) is 0 Å². The van der Waals surface area contributed by atoms with Crippen molar-refractivity contribution < 1.29 is 0 Å². The first-order valence-corrected chi connectivity index (χ1v) is 5.88. The maximum absolute atomic E-state index is 4.28. The average molecular weight is 206 g/mol. The maximum Gasteiger partial charge on any atom is 0.140 e. The van der Waals surface area contributed by atoms with Crippen LogP contribution in [-0.2, 0) is 13.6 Å². The molecule has 2 aliphatic rings. The van der Waals surface area contributed by atoms with Crippen LogP contribution in [-0.4, -0.2) is 32.8 Å². The van der Waals surface area contributed by atoms with Crippen molar-refractivity contribution in [1.29, 1.82) is 0 Å². The summed E-state index contributed by atoms with van der Waals surface area (Å²) in [5.74, 6) is 3.03. The number of rotatable bonds is 2. The Bertz CT molecular complexity index is 334. The van der Waals surface area contributed by atoms with Gasteiger partial charge in [0.1, 0.15) is 12.2 Å². The topological polar surface area (TPSA) is 34.0 Å². The molecule has 1 saturated carbocycles. The van der Waals surface area contributed by atoms with Gasteiger partial charge in [0.05, 0.1) is 6.54 Å². The molecule has 82 valence electrons. The van der Waals surface area contributed by atoms with Gasteiger partial charge in [0.15, 0.2) is 0 Å². The molecule has 1 aromatic heterocycles. The average Bonchev–Trinajstić information content (AvgIpc) is 2.83. The van der Waals surface area contributed by atoms with Crippen LogP contribution in [0, 0.1) is 11.8 Å². The van der Waals surface area contributed by atoms with E-state index in [1.165, 1.54) is 32.4 Å². The summed E-state index contributed by atoms with van der Waals surface area (Å²) in [4.78, 5) is 6.82. The van der Waals surface area contributed by atoms with E-state index in [0.717, 1.165) is 24.2 Å². The fourth-order valence-electron chi connectivity index (χ4n) is 3.12. The van der Waals surface area contributed by atoms with E-state index in [1.54, 1.807) is 6.33 Å². The number of fused-ring (bicyclic) bond motifs is 1. The van der Waals surface area contributed by atoms with Gasteiger partial charge in [0, 0.05) is 20.1 Å². The van der Waals surface area contributed by atoms with Crippen molar-refractivity contribution in [2.45, 2.75) is 25.8 Å². The molecule has 1 saturated heterocycles. The fraction of sp³-hybridized carbons (Fsp3) is 0.818. The van der Waals surface area contributed by atoms with Crippen molar-refractivity contribution in [3.63, 3.8) is 0 Å². The lowest BCUT2D eigenvalue weighted by Crippen LogP contribution is -2.23. The van der Waals surface area contributed by atoms with Gasteiger partial charge in [0.25, 0.3) is 0 Å². The molecule has 0 radical (unpaired) electrons. The quantitative estimate of drug-likeness (QED) is 0.725. The maximum atomic E-state index is 4.28. The minimum absolute atomic E-state index is 0.971. The van der Waals surface area contributed by atoms with Gasteiger partial charge < -0.3 is 0 Å². The Labute approximate surface area is 90.3 Å². The molecule has 4 heteroatoms. The predicted octanol–water partition coefficient (Wildman–Crippen LogP) is 1.05. The molecule has 1 aliphatic heterocycles. The van der Waals surface area contributed by atoms with Crippen LogP contribution in [0.5, 0.6) is 0 Å². The first-order chi connectivity index (χ1) is 7.33. The van der Waals surface area contributed by atoms with Crippen LogP contribution in [0.1, 0.15) is 25.1 Å². The van der Waals surface area contributed by atoms with E-state index in [9.17, 15) is 0 Å². The molecule has 3 rings (SSSR count). The van der Waals surface area contributed by atoms with E-state index in [1.807, 2.05) is 11.7 Å². The summed E-state index contributed by atoms with van der Waals surface area (Å²) in [6.45, 7) is 3.53. The molecule has 0 bridgehead atoms. The first kappa shape index (κ1) is 9.33. The van der Waals surface area contributed by atoms with E-state index in [-0.39, 0.29) is 0 Å². The van der Waals surface area contributed by atoms with Gasteiger partial charge in [0.2, 0.25) is 0 Å². The Balaban J connectivity index is 1.64. The molecule has 2 unspecified atom stereocenters. The van der Waals surface area contributed by atoms with Crippen LogP contribution in [0.25, 0.3) is 0 Å². The van der Waals surface area contributed by atoms with Crippen LogP contribution >= 0.6 is 0 Å². The summed E-state index contributed by atoms with van der Waals surface area (Å²) in [5.41, 5.74) is 0. The second kappa shape index (κ2) is 3.59. The molecule has 2 heterocycles. The summed E-state index contributed by atoms with van der Waals surface area (Å²) in [6.07, 6.45) is 5.99. The zero-order valence-electron chi connectivity index (χ0n) is 9.26. The second-order valence-electron chi connectivity index (χ2n) is 4.95. The Morgan fingerprint density at radius 3 is 2.67 bits per heavy atom. The van der Waals surface area contributed by atoms with Crippen molar-refractivity contribution in [1.82, 2.24) is 19.7 Å². The lowest BCUT2D eigenvalue weighted by molar-refractivity contribution is 0.291. The van der Waals surface area contributed by atoms with Crippen molar-refractivity contribution in [2.75, 3.05) is 13.1 Å². The summed E-state index contributed by atoms with van der Waals surface area (Å²) in [7, 11) is 1.97. The minimum Gasteiger partial charge on any atom is -0.295 e. The SMILES string of the molecule is Cn1ncnc1CN1CC2CCCC2C1. The highest BCUT2D eigenvalue weighted by atomic mass is 15.3. The monoisotopic (exact) mass is 206 g/mol. The van der Waals surface area contributed by atoms with Crippen molar-refractivity contribution in [3.05, 3.63) is 12.2 Å². The Hall–Kier alpha value is -0.900. The van der Waals surface area contributed by atoms with Crippen LogP contribution in [0.3, 0.4) is 0 Å². The molecule has 2 fully saturated rings. The highest BCUT2D eigenvalue weighted by Gasteiger charge is 2.36. The minimum atomic E-state index is 0.971. The molecule has 15 heavy (non-hydrogen) atoms. The molecule has 0 amide bonds. The van der Waals surface area contributed by atoms with E-state index in [4.69, 9.17) is 0 Å². The molecular formula is C11H18N4.